The molecule has 2 fully saturated rings. The number of likely N-dealkylation sites (tertiary alicyclic amines) is 2. The zero-order valence-corrected chi connectivity index (χ0v) is 22.9. The summed E-state index contributed by atoms with van der Waals surface area (Å²) in [6, 6.07) is 8.30. The van der Waals surface area contributed by atoms with Gasteiger partial charge >= 0.3 is 6.18 Å². The van der Waals surface area contributed by atoms with E-state index in [0.29, 0.717) is 35.1 Å². The fraction of sp³-hybridized carbons (Fsp3) is 0.536. The Kier molecular flexibility index (Phi) is 9.61. The number of hydrogen-bond donors (Lipinski definition) is 0. The molecule has 0 spiro atoms. The Hall–Kier alpha value is -1.87. The standard InChI is InChI=1S/C28H33Cl2F4N3O/c1-35(16-19-7-9-22(25(31)14-19)28(32,33)34)26-18-37(17-21(26)20-8-10-23(29)24(30)15-20)27(38)6-2-3-11-36-12-4-5-13-36/h7-10,14-15,21,26H,2-6,11-13,16-18H2,1H3. The summed E-state index contributed by atoms with van der Waals surface area (Å²) in [5, 5.41) is 0.853. The van der Waals surface area contributed by atoms with Crippen LogP contribution >= 0.6 is 23.2 Å². The lowest BCUT2D eigenvalue weighted by atomic mass is 9.93. The average Bonchev–Trinajstić information content (AvgIpc) is 3.53. The maximum Gasteiger partial charge on any atom is 0.419 e. The predicted molar refractivity (Wildman–Crippen MR) is 142 cm³/mol. The number of benzene rings is 2. The van der Waals surface area contributed by atoms with Crippen molar-refractivity contribution in [2.24, 2.45) is 0 Å². The van der Waals surface area contributed by atoms with Crippen LogP contribution in [-0.4, -0.2) is 66.4 Å². The quantitative estimate of drug-likeness (QED) is 0.242. The Labute approximate surface area is 231 Å². The minimum Gasteiger partial charge on any atom is -0.340 e. The van der Waals surface area contributed by atoms with Gasteiger partial charge in [0.15, 0.2) is 0 Å². The molecule has 2 saturated heterocycles. The molecule has 2 unspecified atom stereocenters. The number of carbonyl (C=O) groups excluding carboxylic acids is 1. The lowest BCUT2D eigenvalue weighted by Crippen LogP contribution is -2.38. The highest BCUT2D eigenvalue weighted by Gasteiger charge is 2.39. The molecule has 0 aliphatic carbocycles. The Balaban J connectivity index is 1.45. The third-order valence-electron chi connectivity index (χ3n) is 7.66. The van der Waals surface area contributed by atoms with Crippen LogP contribution in [0.1, 0.15) is 54.7 Å². The van der Waals surface area contributed by atoms with E-state index >= 15 is 0 Å². The minimum atomic E-state index is -4.74. The van der Waals surface area contributed by atoms with Gasteiger partial charge in [-0.1, -0.05) is 35.3 Å². The number of hydrogen-bond acceptors (Lipinski definition) is 3. The largest absolute Gasteiger partial charge is 0.419 e. The van der Waals surface area contributed by atoms with Gasteiger partial charge in [-0.25, -0.2) is 4.39 Å². The maximum absolute atomic E-state index is 14.2. The molecule has 0 saturated carbocycles. The molecule has 10 heteroatoms. The first kappa shape index (κ1) is 29.1. The second-order valence-electron chi connectivity index (χ2n) is 10.4. The van der Waals surface area contributed by atoms with E-state index in [1.54, 1.807) is 12.1 Å². The van der Waals surface area contributed by atoms with E-state index in [2.05, 4.69) is 4.90 Å². The van der Waals surface area contributed by atoms with E-state index < -0.39 is 17.6 Å². The molecule has 0 radical (unpaired) electrons. The van der Waals surface area contributed by atoms with Gasteiger partial charge in [0.25, 0.3) is 0 Å². The normalized spacial score (nSPS) is 20.6. The zero-order valence-electron chi connectivity index (χ0n) is 21.4. The molecule has 4 rings (SSSR count). The SMILES string of the molecule is CN(Cc1ccc(C(F)(F)F)c(F)c1)C1CN(C(=O)CCCCN2CCCC2)CC1c1ccc(Cl)c(Cl)c1. The van der Waals surface area contributed by atoms with Crippen LogP contribution < -0.4 is 0 Å². The molecule has 2 atom stereocenters. The molecule has 0 N–H and O–H groups in total. The molecule has 1 amide bonds. The molecular weight excluding hydrogens is 541 g/mol. The van der Waals surface area contributed by atoms with Crippen molar-refractivity contribution in [1.82, 2.24) is 14.7 Å². The van der Waals surface area contributed by atoms with Gasteiger partial charge in [0.2, 0.25) is 5.91 Å². The topological polar surface area (TPSA) is 26.8 Å². The summed E-state index contributed by atoms with van der Waals surface area (Å²) in [7, 11) is 1.84. The molecule has 208 valence electrons. The highest BCUT2D eigenvalue weighted by Crippen LogP contribution is 2.36. The first-order chi connectivity index (χ1) is 18.0. The number of likely N-dealkylation sites (N-methyl/N-ethyl adjacent to an activating group) is 1. The molecule has 2 aliphatic heterocycles. The van der Waals surface area contributed by atoms with E-state index in [0.717, 1.165) is 50.2 Å². The Bertz CT molecular complexity index is 1120. The van der Waals surface area contributed by atoms with Gasteiger partial charge in [-0.15, -0.1) is 0 Å². The second kappa shape index (κ2) is 12.5. The van der Waals surface area contributed by atoms with E-state index in [-0.39, 0.29) is 24.4 Å². The van der Waals surface area contributed by atoms with Crippen LogP contribution in [0.3, 0.4) is 0 Å². The van der Waals surface area contributed by atoms with Crippen LogP contribution in [0.5, 0.6) is 0 Å². The van der Waals surface area contributed by atoms with Crippen LogP contribution in [0.25, 0.3) is 0 Å². The van der Waals surface area contributed by atoms with Crippen molar-refractivity contribution in [3.63, 3.8) is 0 Å². The molecule has 0 aromatic heterocycles. The molecule has 2 aliphatic rings. The van der Waals surface area contributed by atoms with Crippen molar-refractivity contribution >= 4 is 29.1 Å². The number of amides is 1. The summed E-state index contributed by atoms with van der Waals surface area (Å²) >= 11 is 12.4. The summed E-state index contributed by atoms with van der Waals surface area (Å²) in [5.74, 6) is -1.28. The van der Waals surface area contributed by atoms with Gasteiger partial charge in [-0.05, 0) is 87.8 Å². The first-order valence-corrected chi connectivity index (χ1v) is 13.8. The lowest BCUT2D eigenvalue weighted by molar-refractivity contribution is -0.140. The van der Waals surface area contributed by atoms with Crippen molar-refractivity contribution in [3.8, 4) is 0 Å². The van der Waals surface area contributed by atoms with Crippen molar-refractivity contribution in [2.45, 2.75) is 56.8 Å². The third kappa shape index (κ3) is 7.20. The highest BCUT2D eigenvalue weighted by molar-refractivity contribution is 6.42. The fourth-order valence-electron chi connectivity index (χ4n) is 5.58. The zero-order chi connectivity index (χ0) is 27.4. The molecule has 2 aromatic rings. The predicted octanol–water partition coefficient (Wildman–Crippen LogP) is 6.84. The third-order valence-corrected chi connectivity index (χ3v) is 8.40. The number of halogens is 6. The highest BCUT2D eigenvalue weighted by atomic mass is 35.5. The van der Waals surface area contributed by atoms with Crippen molar-refractivity contribution in [2.75, 3.05) is 39.8 Å². The number of rotatable bonds is 9. The maximum atomic E-state index is 14.2. The van der Waals surface area contributed by atoms with Crippen LogP contribution in [0.4, 0.5) is 17.6 Å². The van der Waals surface area contributed by atoms with Gasteiger partial charge in [0.05, 0.1) is 15.6 Å². The van der Waals surface area contributed by atoms with Crippen molar-refractivity contribution < 1.29 is 22.4 Å². The molecule has 2 heterocycles. The van der Waals surface area contributed by atoms with E-state index in [4.69, 9.17) is 23.2 Å². The van der Waals surface area contributed by atoms with Crippen molar-refractivity contribution in [3.05, 3.63) is 69.0 Å². The molecule has 0 bridgehead atoms. The molecular formula is C28H33Cl2F4N3O. The Morgan fingerprint density at radius 1 is 1.03 bits per heavy atom. The molecule has 2 aromatic carbocycles. The van der Waals surface area contributed by atoms with Gasteiger partial charge in [0, 0.05) is 38.0 Å². The minimum absolute atomic E-state index is 0.0809. The van der Waals surface area contributed by atoms with Crippen LogP contribution in [0.2, 0.25) is 10.0 Å². The molecule has 38 heavy (non-hydrogen) atoms. The summed E-state index contributed by atoms with van der Waals surface area (Å²) in [5.41, 5.74) is 0.0803. The van der Waals surface area contributed by atoms with E-state index in [9.17, 15) is 22.4 Å². The second-order valence-corrected chi connectivity index (χ2v) is 11.2. The number of carbonyl (C=O) groups is 1. The summed E-state index contributed by atoms with van der Waals surface area (Å²) in [4.78, 5) is 19.4. The monoisotopic (exact) mass is 573 g/mol. The van der Waals surface area contributed by atoms with Crippen LogP contribution in [0, 0.1) is 5.82 Å². The summed E-state index contributed by atoms with van der Waals surface area (Å²) in [6.07, 6.45) is 0.0393. The summed E-state index contributed by atoms with van der Waals surface area (Å²) < 4.78 is 53.1. The van der Waals surface area contributed by atoms with Gasteiger partial charge in [0.1, 0.15) is 5.82 Å². The van der Waals surface area contributed by atoms with E-state index in [1.807, 2.05) is 22.9 Å². The Morgan fingerprint density at radius 3 is 2.42 bits per heavy atom. The van der Waals surface area contributed by atoms with Gasteiger partial charge in [-0.3, -0.25) is 9.69 Å². The fourth-order valence-corrected chi connectivity index (χ4v) is 5.88. The average molecular weight is 574 g/mol. The first-order valence-electron chi connectivity index (χ1n) is 13.0. The number of unbranched alkanes of at least 4 members (excludes halogenated alkanes) is 1. The van der Waals surface area contributed by atoms with Crippen molar-refractivity contribution in [1.29, 1.82) is 0 Å². The Morgan fingerprint density at radius 2 is 1.76 bits per heavy atom. The number of nitrogens with zero attached hydrogens (tertiary/aromatic N) is 3. The summed E-state index contributed by atoms with van der Waals surface area (Å²) in [6.45, 7) is 4.50. The van der Waals surface area contributed by atoms with Crippen LogP contribution in [-0.2, 0) is 17.5 Å². The van der Waals surface area contributed by atoms with Gasteiger partial charge in [-0.2, -0.15) is 13.2 Å². The van der Waals surface area contributed by atoms with E-state index in [1.165, 1.54) is 18.9 Å². The number of alkyl halides is 3. The smallest absolute Gasteiger partial charge is 0.340 e. The lowest BCUT2D eigenvalue weighted by Gasteiger charge is -2.29. The van der Waals surface area contributed by atoms with Gasteiger partial charge < -0.3 is 9.80 Å². The molecule has 4 nitrogen and oxygen atoms in total. The van der Waals surface area contributed by atoms with Crippen LogP contribution in [0.15, 0.2) is 36.4 Å².